The Labute approximate surface area is 273 Å². The van der Waals surface area contributed by atoms with Gasteiger partial charge in [-0.3, -0.25) is 24.1 Å². The molecule has 0 spiro atoms. The van der Waals surface area contributed by atoms with Crippen molar-refractivity contribution in [3.8, 4) is 0 Å². The highest BCUT2D eigenvalue weighted by molar-refractivity contribution is 7.00. The fraction of sp³-hybridized carbons (Fsp3) is 0.290. The molecule has 1 aliphatic heterocycles. The van der Waals surface area contributed by atoms with Crippen LogP contribution >= 0.6 is 11.7 Å². The summed E-state index contributed by atoms with van der Waals surface area (Å²) in [7, 11) is 5.13. The second-order valence-corrected chi connectivity index (χ2v) is 11.7. The summed E-state index contributed by atoms with van der Waals surface area (Å²) in [6.45, 7) is 4.33. The van der Waals surface area contributed by atoms with Crippen LogP contribution in [0, 0.1) is 0 Å². The van der Waals surface area contributed by atoms with Crippen LogP contribution in [0.15, 0.2) is 55.0 Å². The lowest BCUT2D eigenvalue weighted by Crippen LogP contribution is -2.41. The molecule has 1 aromatic carbocycles. The minimum atomic E-state index is -0.423. The number of aromatic nitrogens is 5. The van der Waals surface area contributed by atoms with Crippen molar-refractivity contribution in [2.24, 2.45) is 21.1 Å². The van der Waals surface area contributed by atoms with Crippen LogP contribution in [-0.4, -0.2) is 90.4 Å². The topological polar surface area (TPSA) is 169 Å². The fourth-order valence-corrected chi connectivity index (χ4v) is 5.85. The number of nitrogens with one attached hydrogen (secondary N) is 4. The van der Waals surface area contributed by atoms with Crippen molar-refractivity contribution in [3.63, 3.8) is 0 Å². The number of rotatable bonds is 10. The first-order valence-corrected chi connectivity index (χ1v) is 15.6. The SMILES string of the molecule is Cn1cc(NC(=O)c2cc(NC(=O)c3cc(NC(=O)c4ccc5nsnc5c4)cn3C)cn2C)cc1C(=O)NCCN1CCOCC1. The summed E-state index contributed by atoms with van der Waals surface area (Å²) in [5.74, 6) is -1.41. The number of amides is 4. The second kappa shape index (κ2) is 13.6. The zero-order valence-electron chi connectivity index (χ0n) is 26.1. The molecule has 0 atom stereocenters. The highest BCUT2D eigenvalue weighted by atomic mass is 32.1. The maximum Gasteiger partial charge on any atom is 0.272 e. The number of benzene rings is 1. The van der Waals surface area contributed by atoms with E-state index < -0.39 is 11.8 Å². The van der Waals surface area contributed by atoms with Gasteiger partial charge in [0.05, 0.1) is 42.0 Å². The highest BCUT2D eigenvalue weighted by Crippen LogP contribution is 2.21. The molecule has 1 aliphatic rings. The Morgan fingerprint density at radius 2 is 1.21 bits per heavy atom. The number of fused-ring (bicyclic) bond motifs is 1. The Bertz CT molecular complexity index is 1970. The molecule has 4 aromatic heterocycles. The van der Waals surface area contributed by atoms with E-state index in [1.54, 1.807) is 89.8 Å². The van der Waals surface area contributed by atoms with E-state index in [0.29, 0.717) is 65.0 Å². The van der Waals surface area contributed by atoms with E-state index in [-0.39, 0.29) is 11.8 Å². The van der Waals surface area contributed by atoms with E-state index >= 15 is 0 Å². The lowest BCUT2D eigenvalue weighted by molar-refractivity contribution is 0.0383. The van der Waals surface area contributed by atoms with Crippen LogP contribution in [0.3, 0.4) is 0 Å². The quantitative estimate of drug-likeness (QED) is 0.178. The molecule has 47 heavy (non-hydrogen) atoms. The molecule has 0 aliphatic carbocycles. The number of carbonyl (C=O) groups excluding carboxylic acids is 4. The molecule has 5 heterocycles. The third-order valence-corrected chi connectivity index (χ3v) is 8.38. The normalized spacial score (nSPS) is 13.4. The standard InChI is InChI=1S/C31H34N10O5S/c1-38-17-21(13-25(38)29(43)32-6-7-41-8-10-46-11-9-41)34-31(45)27-15-22(18-40(27)3)35-30(44)26-14-20(16-39(26)2)33-28(42)19-4-5-23-24(12-19)37-47-36-23/h4-5,12-18H,6-11H2,1-3H3,(H,32,43)(H,33,42)(H,34,45)(H,35,44). The third-order valence-electron chi connectivity index (χ3n) is 7.82. The number of carbonyl (C=O) groups is 4. The number of hydrogen-bond donors (Lipinski definition) is 4. The average Bonchev–Trinajstić information content (AvgIpc) is 3.83. The van der Waals surface area contributed by atoms with Crippen LogP contribution < -0.4 is 21.3 Å². The zero-order chi connectivity index (χ0) is 33.1. The van der Waals surface area contributed by atoms with Crippen LogP contribution in [0.5, 0.6) is 0 Å². The van der Waals surface area contributed by atoms with Gasteiger partial charge in [-0.2, -0.15) is 8.75 Å². The Morgan fingerprint density at radius 3 is 1.79 bits per heavy atom. The van der Waals surface area contributed by atoms with E-state index in [4.69, 9.17) is 4.74 Å². The largest absolute Gasteiger partial charge is 0.379 e. The average molecular weight is 659 g/mol. The van der Waals surface area contributed by atoms with Gasteiger partial charge in [0, 0.05) is 71.5 Å². The van der Waals surface area contributed by atoms with Gasteiger partial charge in [0.15, 0.2) is 0 Å². The van der Waals surface area contributed by atoms with Gasteiger partial charge in [-0.1, -0.05) is 0 Å². The van der Waals surface area contributed by atoms with Gasteiger partial charge in [-0.05, 0) is 36.4 Å². The first-order chi connectivity index (χ1) is 22.6. The molecular formula is C31H34N10O5S. The van der Waals surface area contributed by atoms with Crippen molar-refractivity contribution in [1.29, 1.82) is 0 Å². The Kier molecular flexibility index (Phi) is 9.15. The molecule has 0 unspecified atom stereocenters. The van der Waals surface area contributed by atoms with Crippen molar-refractivity contribution in [1.82, 2.24) is 32.7 Å². The lowest BCUT2D eigenvalue weighted by Gasteiger charge is -2.26. The van der Waals surface area contributed by atoms with Gasteiger partial charge in [0.25, 0.3) is 23.6 Å². The molecule has 15 nitrogen and oxygen atoms in total. The summed E-state index contributed by atoms with van der Waals surface area (Å²) < 4.78 is 18.5. The molecule has 0 saturated carbocycles. The maximum atomic E-state index is 13.2. The molecule has 4 amide bonds. The number of morpholine rings is 1. The lowest BCUT2D eigenvalue weighted by atomic mass is 10.2. The summed E-state index contributed by atoms with van der Waals surface area (Å²) in [5.41, 5.74) is 4.11. The minimum Gasteiger partial charge on any atom is -0.379 e. The van der Waals surface area contributed by atoms with Crippen molar-refractivity contribution < 1.29 is 23.9 Å². The molecule has 5 aromatic rings. The molecule has 244 valence electrons. The van der Waals surface area contributed by atoms with E-state index in [1.807, 2.05) is 0 Å². The molecule has 1 saturated heterocycles. The first kappa shape index (κ1) is 31.7. The maximum absolute atomic E-state index is 13.2. The van der Waals surface area contributed by atoms with Gasteiger partial charge in [-0.25, -0.2) is 0 Å². The predicted octanol–water partition coefficient (Wildman–Crippen LogP) is 2.53. The highest BCUT2D eigenvalue weighted by Gasteiger charge is 2.20. The fourth-order valence-electron chi connectivity index (χ4n) is 5.34. The Balaban J connectivity index is 1.04. The first-order valence-electron chi connectivity index (χ1n) is 14.9. The smallest absolute Gasteiger partial charge is 0.272 e. The zero-order valence-corrected chi connectivity index (χ0v) is 26.9. The molecule has 4 N–H and O–H groups in total. The minimum absolute atomic E-state index is 0.233. The van der Waals surface area contributed by atoms with Crippen LogP contribution in [0.1, 0.15) is 41.8 Å². The van der Waals surface area contributed by atoms with E-state index in [1.165, 1.54) is 0 Å². The van der Waals surface area contributed by atoms with E-state index in [9.17, 15) is 19.2 Å². The van der Waals surface area contributed by atoms with Gasteiger partial charge >= 0.3 is 0 Å². The van der Waals surface area contributed by atoms with E-state index in [0.717, 1.165) is 36.9 Å². The summed E-state index contributed by atoms with van der Waals surface area (Å²) >= 11 is 1.08. The predicted molar refractivity (Wildman–Crippen MR) is 177 cm³/mol. The van der Waals surface area contributed by atoms with Crippen molar-refractivity contribution in [2.75, 3.05) is 55.3 Å². The summed E-state index contributed by atoms with van der Waals surface area (Å²) in [4.78, 5) is 54.1. The number of anilines is 3. The van der Waals surface area contributed by atoms with Crippen LogP contribution in [0.25, 0.3) is 11.0 Å². The van der Waals surface area contributed by atoms with Crippen LogP contribution in [0.2, 0.25) is 0 Å². The van der Waals surface area contributed by atoms with Gasteiger partial charge < -0.3 is 39.7 Å². The molecule has 16 heteroatoms. The number of hydrogen-bond acceptors (Lipinski definition) is 9. The third kappa shape index (κ3) is 7.24. The molecule has 0 radical (unpaired) electrons. The van der Waals surface area contributed by atoms with Crippen LogP contribution in [-0.2, 0) is 25.9 Å². The molecular weight excluding hydrogens is 624 g/mol. The molecule has 6 rings (SSSR count). The second-order valence-electron chi connectivity index (χ2n) is 11.2. The molecule has 0 bridgehead atoms. The van der Waals surface area contributed by atoms with Gasteiger partial charge in [0.2, 0.25) is 0 Å². The van der Waals surface area contributed by atoms with Gasteiger partial charge in [-0.15, -0.1) is 0 Å². The summed E-state index contributed by atoms with van der Waals surface area (Å²) in [5, 5.41) is 11.4. The van der Waals surface area contributed by atoms with Gasteiger partial charge in [0.1, 0.15) is 28.1 Å². The van der Waals surface area contributed by atoms with Crippen molar-refractivity contribution in [2.45, 2.75) is 0 Å². The summed E-state index contributed by atoms with van der Waals surface area (Å²) in [6.07, 6.45) is 4.93. The number of nitrogens with zero attached hydrogens (tertiary/aromatic N) is 6. The summed E-state index contributed by atoms with van der Waals surface area (Å²) in [6, 6.07) is 9.81. The van der Waals surface area contributed by atoms with Crippen molar-refractivity contribution >= 4 is 63.5 Å². The number of ether oxygens (including phenoxy) is 1. The van der Waals surface area contributed by atoms with E-state index in [2.05, 4.69) is 34.9 Å². The number of aryl methyl sites for hydroxylation is 3. The monoisotopic (exact) mass is 658 g/mol. The van der Waals surface area contributed by atoms with Crippen molar-refractivity contribution in [3.05, 3.63) is 77.6 Å². The Morgan fingerprint density at radius 1 is 0.702 bits per heavy atom. The molecule has 1 fully saturated rings. The Hall–Kier alpha value is -5.32. The van der Waals surface area contributed by atoms with Crippen LogP contribution in [0.4, 0.5) is 17.1 Å².